The standard InChI is InChI=1S/C17H22O8/c1-2-23-11-6-3-10(4-7-11)5-8-13(19)25-17-16(22)15(21)14(20)12(9-18)24-17/h3-8,12,14-18,20-22H,2,9H2,1H3/b8-5+/t12-,14-,15+,16-,17+/m1/s1. The van der Waals surface area contributed by atoms with E-state index < -0.39 is 43.3 Å². The van der Waals surface area contributed by atoms with E-state index in [0.717, 1.165) is 11.6 Å². The normalized spacial score (nSPS) is 29.6. The second-order valence-electron chi connectivity index (χ2n) is 5.47. The fourth-order valence-corrected chi connectivity index (χ4v) is 2.32. The number of aliphatic hydroxyl groups excluding tert-OH is 4. The lowest BCUT2D eigenvalue weighted by atomic mass is 9.99. The fourth-order valence-electron chi connectivity index (χ4n) is 2.32. The third-order valence-electron chi connectivity index (χ3n) is 3.68. The van der Waals surface area contributed by atoms with Gasteiger partial charge >= 0.3 is 5.97 Å². The largest absolute Gasteiger partial charge is 0.494 e. The number of ether oxygens (including phenoxy) is 3. The van der Waals surface area contributed by atoms with E-state index in [-0.39, 0.29) is 0 Å². The summed E-state index contributed by atoms with van der Waals surface area (Å²) < 4.78 is 15.3. The molecule has 5 atom stereocenters. The van der Waals surface area contributed by atoms with Crippen LogP contribution in [0.15, 0.2) is 30.3 Å². The molecule has 0 amide bonds. The van der Waals surface area contributed by atoms with Crippen LogP contribution in [0, 0.1) is 0 Å². The maximum atomic E-state index is 11.9. The van der Waals surface area contributed by atoms with Crippen molar-refractivity contribution in [1.29, 1.82) is 0 Å². The van der Waals surface area contributed by atoms with Crippen LogP contribution in [0.5, 0.6) is 5.75 Å². The number of hydrogen-bond acceptors (Lipinski definition) is 8. The van der Waals surface area contributed by atoms with Crippen LogP contribution in [0.2, 0.25) is 0 Å². The van der Waals surface area contributed by atoms with Gasteiger partial charge in [-0.3, -0.25) is 0 Å². The number of benzene rings is 1. The van der Waals surface area contributed by atoms with Crippen molar-refractivity contribution >= 4 is 12.0 Å². The molecule has 1 saturated heterocycles. The molecule has 0 saturated carbocycles. The van der Waals surface area contributed by atoms with E-state index in [0.29, 0.717) is 12.4 Å². The summed E-state index contributed by atoms with van der Waals surface area (Å²) in [4.78, 5) is 11.9. The van der Waals surface area contributed by atoms with E-state index >= 15 is 0 Å². The molecule has 0 radical (unpaired) electrons. The Morgan fingerprint density at radius 1 is 1.16 bits per heavy atom. The molecule has 8 heteroatoms. The summed E-state index contributed by atoms with van der Waals surface area (Å²) in [5.41, 5.74) is 0.731. The van der Waals surface area contributed by atoms with Gasteiger partial charge in [-0.25, -0.2) is 4.79 Å². The minimum atomic E-state index is -1.62. The van der Waals surface area contributed by atoms with E-state index in [9.17, 15) is 20.1 Å². The highest BCUT2D eigenvalue weighted by atomic mass is 16.7. The fraction of sp³-hybridized carbons (Fsp3) is 0.471. The van der Waals surface area contributed by atoms with Crippen molar-refractivity contribution in [2.75, 3.05) is 13.2 Å². The summed E-state index contributed by atoms with van der Waals surface area (Å²) in [6, 6.07) is 7.02. The van der Waals surface area contributed by atoms with Gasteiger partial charge in [0.1, 0.15) is 30.2 Å². The molecule has 25 heavy (non-hydrogen) atoms. The number of aliphatic hydroxyl groups is 4. The highest BCUT2D eigenvalue weighted by Gasteiger charge is 2.45. The monoisotopic (exact) mass is 354 g/mol. The van der Waals surface area contributed by atoms with Crippen LogP contribution >= 0.6 is 0 Å². The Hall–Kier alpha value is -1.97. The van der Waals surface area contributed by atoms with E-state index in [2.05, 4.69) is 0 Å². The molecular weight excluding hydrogens is 332 g/mol. The van der Waals surface area contributed by atoms with Gasteiger partial charge in [-0.2, -0.15) is 0 Å². The van der Waals surface area contributed by atoms with Crippen molar-refractivity contribution < 1.29 is 39.4 Å². The second-order valence-corrected chi connectivity index (χ2v) is 5.47. The van der Waals surface area contributed by atoms with E-state index in [1.54, 1.807) is 24.3 Å². The number of hydrogen-bond donors (Lipinski definition) is 4. The molecule has 138 valence electrons. The molecule has 8 nitrogen and oxygen atoms in total. The summed E-state index contributed by atoms with van der Waals surface area (Å²) in [7, 11) is 0. The third kappa shape index (κ3) is 5.00. The molecule has 1 aromatic carbocycles. The van der Waals surface area contributed by atoms with Gasteiger partial charge in [-0.15, -0.1) is 0 Å². The highest BCUT2D eigenvalue weighted by molar-refractivity contribution is 5.87. The molecular formula is C17H22O8. The second kappa shape index (κ2) is 8.93. The van der Waals surface area contributed by atoms with Gasteiger partial charge in [0, 0.05) is 6.08 Å². The maximum absolute atomic E-state index is 11.9. The first-order valence-corrected chi connectivity index (χ1v) is 7.88. The highest BCUT2D eigenvalue weighted by Crippen LogP contribution is 2.22. The summed E-state index contributed by atoms with van der Waals surface area (Å²) in [5, 5.41) is 38.2. The maximum Gasteiger partial charge on any atom is 0.333 e. The summed E-state index contributed by atoms with van der Waals surface area (Å²) in [6.45, 7) is 1.84. The minimum Gasteiger partial charge on any atom is -0.494 e. The Bertz CT molecular complexity index is 583. The first-order chi connectivity index (χ1) is 12.0. The molecule has 0 aliphatic carbocycles. The van der Waals surface area contributed by atoms with Gasteiger partial charge < -0.3 is 34.6 Å². The van der Waals surface area contributed by atoms with Crippen LogP contribution in [0.4, 0.5) is 0 Å². The van der Waals surface area contributed by atoms with E-state index in [1.165, 1.54) is 6.08 Å². The van der Waals surface area contributed by atoms with Crippen LogP contribution in [0.25, 0.3) is 6.08 Å². The van der Waals surface area contributed by atoms with Gasteiger partial charge in [-0.1, -0.05) is 12.1 Å². The van der Waals surface area contributed by atoms with Gasteiger partial charge in [0.2, 0.25) is 6.29 Å². The molecule has 0 unspecified atom stereocenters. The molecule has 1 aromatic rings. The topological polar surface area (TPSA) is 126 Å². The first kappa shape index (κ1) is 19.4. The zero-order chi connectivity index (χ0) is 18.4. The van der Waals surface area contributed by atoms with Gasteiger partial charge in [0.15, 0.2) is 0 Å². The lowest BCUT2D eigenvalue weighted by molar-refractivity contribution is -0.291. The summed E-state index contributed by atoms with van der Waals surface area (Å²) in [6.07, 6.45) is -4.72. The molecule has 1 heterocycles. The van der Waals surface area contributed by atoms with Gasteiger partial charge in [-0.05, 0) is 30.7 Å². The summed E-state index contributed by atoms with van der Waals surface area (Å²) >= 11 is 0. The molecule has 0 bridgehead atoms. The Kier molecular flexibility index (Phi) is 6.91. The van der Waals surface area contributed by atoms with Crippen LogP contribution in [-0.4, -0.2) is 70.3 Å². The molecule has 0 spiro atoms. The minimum absolute atomic E-state index is 0.556. The number of rotatable bonds is 6. The predicted molar refractivity (Wildman–Crippen MR) is 86.5 cm³/mol. The average Bonchev–Trinajstić information content (AvgIpc) is 2.62. The average molecular weight is 354 g/mol. The Morgan fingerprint density at radius 3 is 2.44 bits per heavy atom. The zero-order valence-corrected chi connectivity index (χ0v) is 13.7. The number of carbonyl (C=O) groups excluding carboxylic acids is 1. The molecule has 2 rings (SSSR count). The van der Waals surface area contributed by atoms with Crippen LogP contribution < -0.4 is 4.74 Å². The Labute approximate surface area is 144 Å². The molecule has 1 aliphatic heterocycles. The molecule has 4 N–H and O–H groups in total. The SMILES string of the molecule is CCOc1ccc(/C=C/C(=O)O[C@@H]2O[C@H](CO)[C@@H](O)[C@H](O)[C@H]2O)cc1. The van der Waals surface area contributed by atoms with Crippen molar-refractivity contribution in [1.82, 2.24) is 0 Å². The zero-order valence-electron chi connectivity index (χ0n) is 13.7. The molecule has 1 fully saturated rings. The number of carbonyl (C=O) groups is 1. The summed E-state index contributed by atoms with van der Waals surface area (Å²) in [5.74, 6) is -0.0956. The first-order valence-electron chi connectivity index (χ1n) is 7.88. The van der Waals surface area contributed by atoms with Crippen molar-refractivity contribution in [3.05, 3.63) is 35.9 Å². The lowest BCUT2D eigenvalue weighted by Gasteiger charge is -2.38. The number of esters is 1. The van der Waals surface area contributed by atoms with Gasteiger partial charge in [0.05, 0.1) is 13.2 Å². The third-order valence-corrected chi connectivity index (χ3v) is 3.68. The predicted octanol–water partition coefficient (Wildman–Crippen LogP) is -0.558. The smallest absolute Gasteiger partial charge is 0.333 e. The van der Waals surface area contributed by atoms with Crippen molar-refractivity contribution in [2.45, 2.75) is 37.6 Å². The van der Waals surface area contributed by atoms with Crippen molar-refractivity contribution in [3.63, 3.8) is 0 Å². The van der Waals surface area contributed by atoms with Crippen molar-refractivity contribution in [3.8, 4) is 5.75 Å². The quantitative estimate of drug-likeness (QED) is 0.396. The van der Waals surface area contributed by atoms with Crippen molar-refractivity contribution in [2.24, 2.45) is 0 Å². The Balaban J connectivity index is 1.94. The lowest BCUT2D eigenvalue weighted by Crippen LogP contribution is -2.59. The molecule has 1 aliphatic rings. The Morgan fingerprint density at radius 2 is 1.84 bits per heavy atom. The molecule has 0 aromatic heterocycles. The van der Waals surface area contributed by atoms with E-state index in [4.69, 9.17) is 19.3 Å². The van der Waals surface area contributed by atoms with Crippen LogP contribution in [0.3, 0.4) is 0 Å². The van der Waals surface area contributed by atoms with Gasteiger partial charge in [0.25, 0.3) is 0 Å². The van der Waals surface area contributed by atoms with Crippen LogP contribution in [0.1, 0.15) is 12.5 Å². The van der Waals surface area contributed by atoms with E-state index in [1.807, 2.05) is 6.92 Å². The van der Waals surface area contributed by atoms with Crippen LogP contribution in [-0.2, 0) is 14.3 Å².